The molecule has 0 aliphatic rings. The Morgan fingerprint density at radius 3 is 3.00 bits per heavy atom. The molecule has 1 rings (SSSR count). The second-order valence-corrected chi connectivity index (χ2v) is 4.44. The van der Waals surface area contributed by atoms with Crippen LogP contribution in [0.3, 0.4) is 0 Å². The van der Waals surface area contributed by atoms with E-state index < -0.39 is 0 Å². The second kappa shape index (κ2) is 6.03. The number of thioether (sulfide) groups is 1. The van der Waals surface area contributed by atoms with Crippen molar-refractivity contribution in [1.29, 1.82) is 0 Å². The van der Waals surface area contributed by atoms with Crippen molar-refractivity contribution in [2.75, 3.05) is 5.75 Å². The minimum atomic E-state index is 0.0756. The van der Waals surface area contributed by atoms with Crippen molar-refractivity contribution in [2.24, 2.45) is 5.73 Å². The first-order valence-corrected chi connectivity index (χ1v) is 6.02. The van der Waals surface area contributed by atoms with Crippen LogP contribution in [-0.2, 0) is 12.2 Å². The van der Waals surface area contributed by atoms with Gasteiger partial charge in [0.1, 0.15) is 0 Å². The van der Waals surface area contributed by atoms with Gasteiger partial charge in [-0.15, -0.1) is 0 Å². The zero-order valence-corrected chi connectivity index (χ0v) is 9.51. The lowest BCUT2D eigenvalue weighted by Crippen LogP contribution is -2.17. The van der Waals surface area contributed by atoms with Gasteiger partial charge < -0.3 is 10.3 Å². The van der Waals surface area contributed by atoms with Gasteiger partial charge in [-0.05, 0) is 19.1 Å². The fourth-order valence-corrected chi connectivity index (χ4v) is 1.75. The molecule has 80 valence electrons. The molecule has 0 saturated carbocycles. The van der Waals surface area contributed by atoms with E-state index in [4.69, 9.17) is 10.3 Å². The van der Waals surface area contributed by atoms with Crippen LogP contribution in [0.4, 0.5) is 0 Å². The summed E-state index contributed by atoms with van der Waals surface area (Å²) in [6.45, 7) is 4.08. The molecule has 0 fully saturated rings. The normalized spacial score (nSPS) is 13.1. The van der Waals surface area contributed by atoms with Crippen molar-refractivity contribution < 1.29 is 4.52 Å². The highest BCUT2D eigenvalue weighted by Gasteiger charge is 2.07. The number of nitrogens with zero attached hydrogens (tertiary/aromatic N) is 2. The highest BCUT2D eigenvalue weighted by Crippen LogP contribution is 2.10. The highest BCUT2D eigenvalue weighted by molar-refractivity contribution is 7.98. The third-order valence-electron chi connectivity index (χ3n) is 1.59. The summed E-state index contributed by atoms with van der Waals surface area (Å²) < 4.78 is 5.05. The fourth-order valence-electron chi connectivity index (χ4n) is 1.01. The zero-order valence-electron chi connectivity index (χ0n) is 8.69. The molecule has 0 aliphatic carbocycles. The molecule has 1 aromatic heterocycles. The van der Waals surface area contributed by atoms with Crippen LogP contribution in [0.1, 0.15) is 32.0 Å². The zero-order chi connectivity index (χ0) is 10.4. The second-order valence-electron chi connectivity index (χ2n) is 3.34. The standard InChI is InChI=1S/C9H17N3OS/c1-3-4-14-6-8-11-9(13-12-8)5-7(2)10/h7H,3-6,10H2,1-2H3. The molecule has 4 nitrogen and oxygen atoms in total. The van der Waals surface area contributed by atoms with Crippen LogP contribution in [0.2, 0.25) is 0 Å². The Balaban J connectivity index is 2.35. The predicted molar refractivity (Wildman–Crippen MR) is 58.1 cm³/mol. The number of rotatable bonds is 6. The molecule has 0 bridgehead atoms. The molecule has 5 heteroatoms. The first-order chi connectivity index (χ1) is 6.72. The van der Waals surface area contributed by atoms with Gasteiger partial charge in [0, 0.05) is 12.5 Å². The Morgan fingerprint density at radius 1 is 1.57 bits per heavy atom. The van der Waals surface area contributed by atoms with Crippen LogP contribution in [0, 0.1) is 0 Å². The molecule has 1 aromatic rings. The summed E-state index contributed by atoms with van der Waals surface area (Å²) in [4.78, 5) is 4.24. The van der Waals surface area contributed by atoms with Crippen LogP contribution in [0.15, 0.2) is 4.52 Å². The number of aromatic nitrogens is 2. The highest BCUT2D eigenvalue weighted by atomic mass is 32.2. The lowest BCUT2D eigenvalue weighted by atomic mass is 10.2. The maximum absolute atomic E-state index is 5.62. The summed E-state index contributed by atoms with van der Waals surface area (Å²) in [7, 11) is 0. The van der Waals surface area contributed by atoms with Gasteiger partial charge in [0.25, 0.3) is 0 Å². The van der Waals surface area contributed by atoms with Crippen LogP contribution in [0.5, 0.6) is 0 Å². The van der Waals surface area contributed by atoms with Crippen LogP contribution in [0.25, 0.3) is 0 Å². The van der Waals surface area contributed by atoms with Crippen molar-refractivity contribution >= 4 is 11.8 Å². The maximum atomic E-state index is 5.62. The lowest BCUT2D eigenvalue weighted by Gasteiger charge is -1.96. The van der Waals surface area contributed by atoms with Crippen LogP contribution in [-0.4, -0.2) is 21.9 Å². The average molecular weight is 215 g/mol. The SMILES string of the molecule is CCCSCc1noc(CC(C)N)n1. The number of hydrogen-bond acceptors (Lipinski definition) is 5. The topological polar surface area (TPSA) is 64.9 Å². The summed E-state index contributed by atoms with van der Waals surface area (Å²) in [5.41, 5.74) is 5.62. The van der Waals surface area contributed by atoms with Gasteiger partial charge >= 0.3 is 0 Å². The van der Waals surface area contributed by atoms with E-state index in [0.29, 0.717) is 12.3 Å². The Kier molecular flexibility index (Phi) is 4.97. The summed E-state index contributed by atoms with van der Waals surface area (Å²) in [5, 5.41) is 3.88. The van der Waals surface area contributed by atoms with Gasteiger partial charge in [-0.2, -0.15) is 16.7 Å². The van der Waals surface area contributed by atoms with E-state index in [1.165, 1.54) is 6.42 Å². The molecule has 2 N–H and O–H groups in total. The van der Waals surface area contributed by atoms with Gasteiger partial charge in [0.15, 0.2) is 5.82 Å². The third kappa shape index (κ3) is 4.11. The first-order valence-electron chi connectivity index (χ1n) is 4.87. The molecular weight excluding hydrogens is 198 g/mol. The van der Waals surface area contributed by atoms with E-state index >= 15 is 0 Å². The molecular formula is C9H17N3OS. The molecule has 1 atom stereocenters. The predicted octanol–water partition coefficient (Wildman–Crippen LogP) is 1.60. The van der Waals surface area contributed by atoms with E-state index in [-0.39, 0.29) is 6.04 Å². The van der Waals surface area contributed by atoms with E-state index in [1.807, 2.05) is 18.7 Å². The molecule has 1 heterocycles. The van der Waals surface area contributed by atoms with Gasteiger partial charge in [0.05, 0.1) is 5.75 Å². The monoisotopic (exact) mass is 215 g/mol. The summed E-state index contributed by atoms with van der Waals surface area (Å²) in [5.74, 6) is 3.39. The van der Waals surface area contributed by atoms with Crippen molar-refractivity contribution in [3.63, 3.8) is 0 Å². The molecule has 1 unspecified atom stereocenters. The van der Waals surface area contributed by atoms with Crippen molar-refractivity contribution in [3.05, 3.63) is 11.7 Å². The minimum absolute atomic E-state index is 0.0756. The average Bonchev–Trinajstić information content (AvgIpc) is 2.52. The van der Waals surface area contributed by atoms with Crippen LogP contribution < -0.4 is 5.73 Å². The Hall–Kier alpha value is -0.550. The van der Waals surface area contributed by atoms with Gasteiger partial charge in [-0.3, -0.25) is 0 Å². The smallest absolute Gasteiger partial charge is 0.228 e. The molecule has 0 spiro atoms. The summed E-state index contributed by atoms with van der Waals surface area (Å²) in [6, 6.07) is 0.0756. The Bertz CT molecular complexity index is 262. The van der Waals surface area contributed by atoms with E-state index in [9.17, 15) is 0 Å². The van der Waals surface area contributed by atoms with Gasteiger partial charge in [-0.25, -0.2) is 0 Å². The first kappa shape index (κ1) is 11.5. The van der Waals surface area contributed by atoms with Gasteiger partial charge in [-0.1, -0.05) is 12.1 Å². The quantitative estimate of drug-likeness (QED) is 0.730. The van der Waals surface area contributed by atoms with E-state index in [2.05, 4.69) is 17.1 Å². The maximum Gasteiger partial charge on any atom is 0.228 e. The van der Waals surface area contributed by atoms with Crippen molar-refractivity contribution in [3.8, 4) is 0 Å². The summed E-state index contributed by atoms with van der Waals surface area (Å²) in [6.07, 6.45) is 1.83. The molecule has 0 saturated heterocycles. The lowest BCUT2D eigenvalue weighted by molar-refractivity contribution is 0.368. The Labute approximate surface area is 88.6 Å². The third-order valence-corrected chi connectivity index (χ3v) is 2.75. The molecule has 0 amide bonds. The van der Waals surface area contributed by atoms with E-state index in [1.54, 1.807) is 0 Å². The molecule has 0 radical (unpaired) electrons. The molecule has 14 heavy (non-hydrogen) atoms. The fraction of sp³-hybridized carbons (Fsp3) is 0.778. The van der Waals surface area contributed by atoms with Crippen molar-refractivity contribution in [2.45, 2.75) is 38.5 Å². The number of nitrogens with two attached hydrogens (primary N) is 1. The molecule has 0 aromatic carbocycles. The largest absolute Gasteiger partial charge is 0.339 e. The van der Waals surface area contributed by atoms with Crippen molar-refractivity contribution in [1.82, 2.24) is 10.1 Å². The molecule has 0 aliphatic heterocycles. The number of hydrogen-bond donors (Lipinski definition) is 1. The minimum Gasteiger partial charge on any atom is -0.339 e. The summed E-state index contributed by atoms with van der Waals surface area (Å²) >= 11 is 1.82. The van der Waals surface area contributed by atoms with Crippen LogP contribution >= 0.6 is 11.8 Å². The van der Waals surface area contributed by atoms with Gasteiger partial charge in [0.2, 0.25) is 5.89 Å². The van der Waals surface area contributed by atoms with E-state index in [0.717, 1.165) is 17.3 Å². The Morgan fingerprint density at radius 2 is 2.36 bits per heavy atom.